The lowest BCUT2D eigenvalue weighted by atomic mass is 10.1. The third-order valence-electron chi connectivity index (χ3n) is 4.38. The topological polar surface area (TPSA) is 78.3 Å². The molecule has 1 aromatic carbocycles. The summed E-state index contributed by atoms with van der Waals surface area (Å²) in [5.41, 5.74) is 4.23. The van der Waals surface area contributed by atoms with E-state index in [9.17, 15) is 0 Å². The van der Waals surface area contributed by atoms with Crippen molar-refractivity contribution in [2.24, 2.45) is 4.99 Å². The second-order valence-corrected chi connectivity index (χ2v) is 6.40. The molecule has 132 valence electrons. The van der Waals surface area contributed by atoms with Gasteiger partial charge < -0.3 is 5.32 Å². The maximum absolute atomic E-state index is 4.65. The fourth-order valence-electron chi connectivity index (χ4n) is 3.01. The Kier molecular flexibility index (Phi) is 4.45. The van der Waals surface area contributed by atoms with Crippen molar-refractivity contribution in [2.75, 3.05) is 18.7 Å². The maximum atomic E-state index is 4.65. The minimum absolute atomic E-state index is 0.566. The Morgan fingerprint density at radius 2 is 2.08 bits per heavy atom. The summed E-state index contributed by atoms with van der Waals surface area (Å²) < 4.78 is 0. The van der Waals surface area contributed by atoms with Crippen LogP contribution in [-0.2, 0) is 6.54 Å². The average molecular weight is 347 g/mol. The molecule has 0 saturated heterocycles. The van der Waals surface area contributed by atoms with Crippen LogP contribution in [0.3, 0.4) is 0 Å². The highest BCUT2D eigenvalue weighted by atomic mass is 15.4. The number of benzene rings is 1. The first-order chi connectivity index (χ1) is 12.7. The molecule has 0 amide bonds. The number of aromatic nitrogens is 3. The third kappa shape index (κ3) is 3.48. The van der Waals surface area contributed by atoms with Crippen LogP contribution in [-0.4, -0.2) is 39.1 Å². The predicted molar refractivity (Wildman–Crippen MR) is 103 cm³/mol. The van der Waals surface area contributed by atoms with Gasteiger partial charge in [-0.3, -0.25) is 15.2 Å². The van der Waals surface area contributed by atoms with Crippen molar-refractivity contribution in [3.05, 3.63) is 59.5 Å². The van der Waals surface area contributed by atoms with E-state index in [0.29, 0.717) is 25.2 Å². The van der Waals surface area contributed by atoms with Crippen LogP contribution < -0.4 is 10.6 Å². The molecule has 0 bridgehead atoms. The molecule has 0 spiro atoms. The van der Waals surface area contributed by atoms with E-state index in [4.69, 9.17) is 0 Å². The molecule has 0 unspecified atom stereocenters. The lowest BCUT2D eigenvalue weighted by molar-refractivity contribution is 0.256. The predicted octanol–water partition coefficient (Wildman–Crippen LogP) is 2.43. The average Bonchev–Trinajstić information content (AvgIpc) is 2.65. The van der Waals surface area contributed by atoms with Gasteiger partial charge in [-0.15, -0.1) is 0 Å². The molecule has 7 heteroatoms. The molecule has 1 aliphatic rings. The van der Waals surface area contributed by atoms with Gasteiger partial charge >= 0.3 is 0 Å². The lowest BCUT2D eigenvalue weighted by Gasteiger charge is -2.26. The van der Waals surface area contributed by atoms with Gasteiger partial charge in [-0.25, -0.2) is 15.0 Å². The summed E-state index contributed by atoms with van der Waals surface area (Å²) in [6, 6.07) is 10.2. The Morgan fingerprint density at radius 3 is 2.85 bits per heavy atom. The van der Waals surface area contributed by atoms with Crippen LogP contribution in [0.15, 0.2) is 47.7 Å². The number of aliphatic imine (C=N–C) groups is 1. The molecule has 0 atom stereocenters. The van der Waals surface area contributed by atoms with E-state index in [1.807, 2.05) is 31.3 Å². The number of nitrogens with one attached hydrogen (secondary N) is 2. The zero-order valence-electron chi connectivity index (χ0n) is 14.9. The van der Waals surface area contributed by atoms with Crippen LogP contribution in [0.25, 0.3) is 10.9 Å². The Labute approximate surface area is 152 Å². The van der Waals surface area contributed by atoms with Crippen molar-refractivity contribution in [1.29, 1.82) is 0 Å². The van der Waals surface area contributed by atoms with E-state index in [2.05, 4.69) is 54.5 Å². The van der Waals surface area contributed by atoms with Crippen molar-refractivity contribution >= 4 is 22.8 Å². The number of para-hydroxylation sites is 1. The fourth-order valence-corrected chi connectivity index (χ4v) is 3.01. The van der Waals surface area contributed by atoms with Gasteiger partial charge in [-0.2, -0.15) is 0 Å². The molecule has 0 fully saturated rings. The first-order valence-electron chi connectivity index (χ1n) is 8.59. The van der Waals surface area contributed by atoms with E-state index in [1.165, 1.54) is 5.56 Å². The second-order valence-electron chi connectivity index (χ2n) is 6.40. The molecule has 3 aromatic rings. The number of rotatable bonds is 3. The molecule has 1 aliphatic heterocycles. The smallest absolute Gasteiger partial charge is 0.230 e. The standard InChI is InChI=1S/C19H21N7/c1-13-5-3-7-16-14(2)23-19(24-17(13)16)25-18-21-11-26(12-22-18)10-15-6-4-8-20-9-15/h3-9H,10-12H2,1-2H3,(H2,21,22,23,24,25). The molecular weight excluding hydrogens is 326 g/mol. The van der Waals surface area contributed by atoms with Gasteiger partial charge in [0.05, 0.1) is 24.5 Å². The van der Waals surface area contributed by atoms with Gasteiger partial charge in [-0.05, 0) is 31.0 Å². The fraction of sp³-hybridized carbons (Fsp3) is 0.263. The van der Waals surface area contributed by atoms with Crippen molar-refractivity contribution in [2.45, 2.75) is 20.4 Å². The Balaban J connectivity index is 1.47. The first-order valence-corrected chi connectivity index (χ1v) is 8.59. The molecule has 0 radical (unpaired) electrons. The van der Waals surface area contributed by atoms with Crippen molar-refractivity contribution in [3.63, 3.8) is 0 Å². The highest BCUT2D eigenvalue weighted by Gasteiger charge is 2.14. The van der Waals surface area contributed by atoms with Crippen molar-refractivity contribution in [1.82, 2.24) is 25.2 Å². The summed E-state index contributed by atoms with van der Waals surface area (Å²) in [7, 11) is 0. The van der Waals surface area contributed by atoms with Crippen LogP contribution >= 0.6 is 0 Å². The number of nitrogens with zero attached hydrogens (tertiary/aromatic N) is 5. The number of aryl methyl sites for hydroxylation is 2. The molecule has 7 nitrogen and oxygen atoms in total. The molecule has 0 aliphatic carbocycles. The van der Waals surface area contributed by atoms with Crippen molar-refractivity contribution in [3.8, 4) is 0 Å². The minimum Gasteiger partial charge on any atom is -0.343 e. The molecule has 0 saturated carbocycles. The highest BCUT2D eigenvalue weighted by molar-refractivity contribution is 5.93. The lowest BCUT2D eigenvalue weighted by Crippen LogP contribution is -2.45. The number of pyridine rings is 1. The SMILES string of the molecule is Cc1nc(NC2=NCN(Cc3cccnc3)CN2)nc2c(C)cccc12. The van der Waals surface area contributed by atoms with Gasteiger partial charge in [0.2, 0.25) is 11.9 Å². The van der Waals surface area contributed by atoms with Gasteiger partial charge in [0.15, 0.2) is 0 Å². The van der Waals surface area contributed by atoms with Crippen LogP contribution in [0.2, 0.25) is 0 Å². The number of hydrogen-bond donors (Lipinski definition) is 2. The van der Waals surface area contributed by atoms with Crippen LogP contribution in [0.1, 0.15) is 16.8 Å². The molecule has 2 aromatic heterocycles. The van der Waals surface area contributed by atoms with Crippen LogP contribution in [0.5, 0.6) is 0 Å². The van der Waals surface area contributed by atoms with Gasteiger partial charge in [0, 0.05) is 24.3 Å². The first kappa shape index (κ1) is 16.4. The molecule has 2 N–H and O–H groups in total. The quantitative estimate of drug-likeness (QED) is 0.758. The maximum Gasteiger partial charge on any atom is 0.230 e. The monoisotopic (exact) mass is 347 g/mol. The Hall–Kier alpha value is -3.06. The third-order valence-corrected chi connectivity index (χ3v) is 4.38. The summed E-state index contributed by atoms with van der Waals surface area (Å²) in [4.78, 5) is 20.1. The summed E-state index contributed by atoms with van der Waals surface area (Å²) in [5.74, 6) is 1.26. The Morgan fingerprint density at radius 1 is 1.15 bits per heavy atom. The van der Waals surface area contributed by atoms with E-state index in [-0.39, 0.29) is 0 Å². The van der Waals surface area contributed by atoms with E-state index >= 15 is 0 Å². The van der Waals surface area contributed by atoms with Gasteiger partial charge in [-0.1, -0.05) is 24.3 Å². The van der Waals surface area contributed by atoms with Crippen LogP contribution in [0.4, 0.5) is 5.95 Å². The molecular formula is C19H21N7. The molecule has 26 heavy (non-hydrogen) atoms. The second kappa shape index (κ2) is 7.05. The number of guanidine groups is 1. The zero-order valence-corrected chi connectivity index (χ0v) is 14.9. The van der Waals surface area contributed by atoms with Crippen LogP contribution in [0, 0.1) is 13.8 Å². The number of hydrogen-bond acceptors (Lipinski definition) is 7. The summed E-state index contributed by atoms with van der Waals surface area (Å²) in [5, 5.41) is 7.57. The van der Waals surface area contributed by atoms with E-state index in [1.54, 1.807) is 6.20 Å². The molecule has 3 heterocycles. The number of anilines is 1. The van der Waals surface area contributed by atoms with Crippen molar-refractivity contribution < 1.29 is 0 Å². The van der Waals surface area contributed by atoms with E-state index in [0.717, 1.165) is 28.7 Å². The largest absolute Gasteiger partial charge is 0.343 e. The van der Waals surface area contributed by atoms with Gasteiger partial charge in [0.1, 0.15) is 0 Å². The number of fused-ring (bicyclic) bond motifs is 1. The van der Waals surface area contributed by atoms with E-state index < -0.39 is 0 Å². The molecule has 4 rings (SSSR count). The zero-order chi connectivity index (χ0) is 17.9. The normalized spacial score (nSPS) is 14.8. The summed E-state index contributed by atoms with van der Waals surface area (Å²) in [6.45, 7) is 6.18. The summed E-state index contributed by atoms with van der Waals surface area (Å²) >= 11 is 0. The van der Waals surface area contributed by atoms with Gasteiger partial charge in [0.25, 0.3) is 0 Å². The Bertz CT molecular complexity index is 953. The minimum atomic E-state index is 0.566. The highest BCUT2D eigenvalue weighted by Crippen LogP contribution is 2.20. The summed E-state index contributed by atoms with van der Waals surface area (Å²) in [6.07, 6.45) is 3.66.